The van der Waals surface area contributed by atoms with Crippen molar-refractivity contribution in [2.45, 2.75) is 59.5 Å². The Morgan fingerprint density at radius 1 is 1.24 bits per heavy atom. The first kappa shape index (κ1) is 14.5. The number of likely N-dealkylation sites (N-methyl/N-ethyl adjacent to an activating group) is 1. The molecule has 0 radical (unpaired) electrons. The molecule has 1 unspecified atom stereocenters. The fourth-order valence-electron chi connectivity index (χ4n) is 2.58. The monoisotopic (exact) mass is 240 g/mol. The standard InChI is InChI=1S/C14H28N2O/c1-6-16(7-2)14(17)11(5)15-13-8-12(9-13)10(3)4/h10-13,15H,6-9H2,1-5H3. The minimum atomic E-state index is -0.0342. The number of nitrogens with one attached hydrogen (secondary N) is 1. The van der Waals surface area contributed by atoms with Gasteiger partial charge in [0.05, 0.1) is 6.04 Å². The van der Waals surface area contributed by atoms with E-state index < -0.39 is 0 Å². The Balaban J connectivity index is 2.31. The quantitative estimate of drug-likeness (QED) is 0.772. The van der Waals surface area contributed by atoms with Crippen molar-refractivity contribution in [1.82, 2.24) is 10.2 Å². The summed E-state index contributed by atoms with van der Waals surface area (Å²) < 4.78 is 0. The summed E-state index contributed by atoms with van der Waals surface area (Å²) in [7, 11) is 0. The highest BCUT2D eigenvalue weighted by Crippen LogP contribution is 2.33. The third kappa shape index (κ3) is 3.70. The molecular weight excluding hydrogens is 212 g/mol. The topological polar surface area (TPSA) is 32.3 Å². The zero-order chi connectivity index (χ0) is 13.0. The zero-order valence-electron chi connectivity index (χ0n) is 12.0. The number of rotatable bonds is 6. The van der Waals surface area contributed by atoms with Gasteiger partial charge in [-0.15, -0.1) is 0 Å². The maximum atomic E-state index is 12.1. The third-order valence-corrected chi connectivity index (χ3v) is 4.05. The van der Waals surface area contributed by atoms with Crippen LogP contribution in [-0.4, -0.2) is 36.0 Å². The summed E-state index contributed by atoms with van der Waals surface area (Å²) in [6.45, 7) is 12.2. The van der Waals surface area contributed by atoms with Gasteiger partial charge < -0.3 is 10.2 Å². The van der Waals surface area contributed by atoms with Gasteiger partial charge in [-0.25, -0.2) is 0 Å². The van der Waals surface area contributed by atoms with Crippen LogP contribution in [0, 0.1) is 11.8 Å². The first-order valence-corrected chi connectivity index (χ1v) is 7.04. The largest absolute Gasteiger partial charge is 0.342 e. The lowest BCUT2D eigenvalue weighted by Crippen LogP contribution is -2.52. The lowest BCUT2D eigenvalue weighted by atomic mass is 9.73. The average molecular weight is 240 g/mol. The summed E-state index contributed by atoms with van der Waals surface area (Å²) >= 11 is 0. The van der Waals surface area contributed by atoms with Crippen LogP contribution in [0.15, 0.2) is 0 Å². The molecule has 0 aliphatic heterocycles. The molecule has 0 aromatic carbocycles. The molecule has 1 fully saturated rings. The highest BCUT2D eigenvalue weighted by molar-refractivity contribution is 5.81. The molecule has 1 aliphatic carbocycles. The summed E-state index contributed by atoms with van der Waals surface area (Å²) in [6.07, 6.45) is 2.46. The normalized spacial score (nSPS) is 25.5. The molecule has 1 N–H and O–H groups in total. The molecule has 0 aromatic rings. The Morgan fingerprint density at radius 2 is 1.76 bits per heavy atom. The van der Waals surface area contributed by atoms with E-state index in [1.54, 1.807) is 0 Å². The van der Waals surface area contributed by atoms with Crippen LogP contribution in [0.2, 0.25) is 0 Å². The molecule has 1 amide bonds. The molecular formula is C14H28N2O. The van der Waals surface area contributed by atoms with E-state index >= 15 is 0 Å². The molecule has 0 spiro atoms. The van der Waals surface area contributed by atoms with Crippen LogP contribution in [0.25, 0.3) is 0 Å². The molecule has 1 atom stereocenters. The molecule has 17 heavy (non-hydrogen) atoms. The van der Waals surface area contributed by atoms with Gasteiger partial charge in [-0.1, -0.05) is 13.8 Å². The van der Waals surface area contributed by atoms with Crippen LogP contribution in [0.4, 0.5) is 0 Å². The van der Waals surface area contributed by atoms with Gasteiger partial charge in [-0.2, -0.15) is 0 Å². The molecule has 0 aromatic heterocycles. The van der Waals surface area contributed by atoms with Gasteiger partial charge in [0.2, 0.25) is 5.91 Å². The molecule has 3 nitrogen and oxygen atoms in total. The van der Waals surface area contributed by atoms with Crippen LogP contribution >= 0.6 is 0 Å². The molecule has 1 aliphatic rings. The van der Waals surface area contributed by atoms with Gasteiger partial charge in [-0.3, -0.25) is 4.79 Å². The predicted octanol–water partition coefficient (Wildman–Crippen LogP) is 2.27. The summed E-state index contributed by atoms with van der Waals surface area (Å²) in [5.41, 5.74) is 0. The number of hydrogen-bond donors (Lipinski definition) is 1. The number of amides is 1. The lowest BCUT2D eigenvalue weighted by molar-refractivity contribution is -0.133. The van der Waals surface area contributed by atoms with E-state index in [0.29, 0.717) is 6.04 Å². The summed E-state index contributed by atoms with van der Waals surface area (Å²) in [6, 6.07) is 0.518. The fourth-order valence-corrected chi connectivity index (χ4v) is 2.58. The molecule has 0 bridgehead atoms. The molecule has 3 heteroatoms. The van der Waals surface area contributed by atoms with Gasteiger partial charge in [-0.05, 0) is 45.4 Å². The third-order valence-electron chi connectivity index (χ3n) is 4.05. The van der Waals surface area contributed by atoms with E-state index in [-0.39, 0.29) is 11.9 Å². The van der Waals surface area contributed by atoms with Crippen LogP contribution in [-0.2, 0) is 4.79 Å². The Morgan fingerprint density at radius 3 is 2.18 bits per heavy atom. The van der Waals surface area contributed by atoms with E-state index in [9.17, 15) is 4.79 Å². The van der Waals surface area contributed by atoms with E-state index in [1.807, 2.05) is 25.7 Å². The maximum Gasteiger partial charge on any atom is 0.239 e. The Labute approximate surface area is 106 Å². The van der Waals surface area contributed by atoms with E-state index in [4.69, 9.17) is 0 Å². The number of nitrogens with zero attached hydrogens (tertiary/aromatic N) is 1. The highest BCUT2D eigenvalue weighted by atomic mass is 16.2. The van der Waals surface area contributed by atoms with Crippen LogP contribution in [0.1, 0.15) is 47.5 Å². The van der Waals surface area contributed by atoms with Gasteiger partial charge >= 0.3 is 0 Å². The number of carbonyl (C=O) groups is 1. The Bertz CT molecular complexity index is 243. The minimum absolute atomic E-state index is 0.0342. The van der Waals surface area contributed by atoms with Gasteiger partial charge in [0.25, 0.3) is 0 Å². The van der Waals surface area contributed by atoms with Crippen molar-refractivity contribution in [3.8, 4) is 0 Å². The predicted molar refractivity (Wildman–Crippen MR) is 71.9 cm³/mol. The minimum Gasteiger partial charge on any atom is -0.342 e. The second-order valence-electron chi connectivity index (χ2n) is 5.57. The summed E-state index contributed by atoms with van der Waals surface area (Å²) in [5, 5.41) is 3.46. The molecule has 1 rings (SSSR count). The van der Waals surface area contributed by atoms with Crippen molar-refractivity contribution in [2.75, 3.05) is 13.1 Å². The van der Waals surface area contributed by atoms with Crippen molar-refractivity contribution in [3.05, 3.63) is 0 Å². The van der Waals surface area contributed by atoms with Crippen LogP contribution in [0.3, 0.4) is 0 Å². The van der Waals surface area contributed by atoms with Crippen molar-refractivity contribution < 1.29 is 4.79 Å². The Kier molecular flexibility index (Phi) is 5.44. The number of carbonyl (C=O) groups excluding carboxylic acids is 1. The average Bonchev–Trinajstić information content (AvgIpc) is 2.23. The zero-order valence-corrected chi connectivity index (χ0v) is 12.0. The van der Waals surface area contributed by atoms with Crippen molar-refractivity contribution in [1.29, 1.82) is 0 Å². The highest BCUT2D eigenvalue weighted by Gasteiger charge is 2.33. The van der Waals surface area contributed by atoms with Crippen LogP contribution in [0.5, 0.6) is 0 Å². The van der Waals surface area contributed by atoms with E-state index in [1.165, 1.54) is 12.8 Å². The first-order chi connectivity index (χ1) is 7.99. The second kappa shape index (κ2) is 6.39. The Hall–Kier alpha value is -0.570. The summed E-state index contributed by atoms with van der Waals surface area (Å²) in [4.78, 5) is 14.0. The van der Waals surface area contributed by atoms with Gasteiger partial charge in [0, 0.05) is 19.1 Å². The van der Waals surface area contributed by atoms with Crippen molar-refractivity contribution in [3.63, 3.8) is 0 Å². The molecule has 1 saturated carbocycles. The van der Waals surface area contributed by atoms with E-state index in [0.717, 1.165) is 24.9 Å². The second-order valence-corrected chi connectivity index (χ2v) is 5.57. The maximum absolute atomic E-state index is 12.1. The SMILES string of the molecule is CCN(CC)C(=O)C(C)NC1CC(C(C)C)C1. The smallest absolute Gasteiger partial charge is 0.239 e. The van der Waals surface area contributed by atoms with Crippen LogP contribution < -0.4 is 5.32 Å². The number of hydrogen-bond acceptors (Lipinski definition) is 2. The van der Waals surface area contributed by atoms with Gasteiger partial charge in [0.1, 0.15) is 0 Å². The lowest BCUT2D eigenvalue weighted by Gasteiger charge is -2.40. The molecule has 100 valence electrons. The summed E-state index contributed by atoms with van der Waals surface area (Å²) in [5.74, 6) is 1.87. The van der Waals surface area contributed by atoms with Crippen molar-refractivity contribution >= 4 is 5.91 Å². The fraction of sp³-hybridized carbons (Fsp3) is 0.929. The van der Waals surface area contributed by atoms with E-state index in [2.05, 4.69) is 19.2 Å². The molecule has 0 saturated heterocycles. The first-order valence-electron chi connectivity index (χ1n) is 7.04. The molecule has 0 heterocycles. The van der Waals surface area contributed by atoms with Crippen molar-refractivity contribution in [2.24, 2.45) is 11.8 Å². The van der Waals surface area contributed by atoms with Gasteiger partial charge in [0.15, 0.2) is 0 Å².